The average Bonchev–Trinajstić information content (AvgIpc) is 3.80. The number of thiophene rings is 1. The van der Waals surface area contributed by atoms with Crippen molar-refractivity contribution in [2.24, 2.45) is 0 Å². The van der Waals surface area contributed by atoms with E-state index >= 15 is 0 Å². The van der Waals surface area contributed by atoms with Crippen molar-refractivity contribution in [3.63, 3.8) is 0 Å². The Kier molecular flexibility index (Phi) is 5.31. The van der Waals surface area contributed by atoms with Crippen molar-refractivity contribution >= 4 is 70.1 Å². The molecule has 1 unspecified atom stereocenters. The molecule has 9 aromatic carbocycles. The summed E-state index contributed by atoms with van der Waals surface area (Å²) in [6.07, 6.45) is 0. The Balaban J connectivity index is 1.28. The third kappa shape index (κ3) is 4.49. The molecule has 1 atom stereocenters. The molecule has 0 saturated heterocycles. The molecule has 1 aliphatic carbocycles. The first-order valence-corrected chi connectivity index (χ1v) is 18.5. The van der Waals surface area contributed by atoms with Crippen LogP contribution in [0.3, 0.4) is 0 Å². The Bertz CT molecular complexity index is 3430. The molecule has 0 saturated carbocycles. The van der Waals surface area contributed by atoms with Gasteiger partial charge in [-0.1, -0.05) is 145 Å². The van der Waals surface area contributed by atoms with Gasteiger partial charge in [0.1, 0.15) is 0 Å². The quantitative estimate of drug-likeness (QED) is 0.173. The fourth-order valence-corrected chi connectivity index (χ4v) is 9.62. The SMILES string of the molecule is [2H]c1c([2H])c([2H])c2c(C3(c4ccc5sc6ccccc6c5c4)c4ccccc4-c4cc(N(c5ccccc5)c5ccc6ccccc6c5)ccc43)c([2H])c([2H])c([2H])c2c1[2H]. The van der Waals surface area contributed by atoms with Crippen molar-refractivity contribution in [1.29, 1.82) is 0 Å². The molecule has 1 heterocycles. The molecule has 0 spiro atoms. The number of nitrogens with zero attached hydrogens (tertiary/aromatic N) is 1. The standard InChI is InChI=1S/C51H33NS/c1-2-17-38(18-3-1)52(39-27-25-34-13-4-5-15-36(34)31-39)40-28-29-48-44(33-40)42-20-8-10-22-47(42)51(48,46-23-12-16-35-14-6-7-19-41(35)46)37-26-30-50-45(32-37)43-21-9-11-24-49(43)53-50/h1-33H/i6D,7D,12D,14D,16D,19D,23D. The summed E-state index contributed by atoms with van der Waals surface area (Å²) < 4.78 is 66.4. The van der Waals surface area contributed by atoms with E-state index in [4.69, 9.17) is 5.48 Å². The van der Waals surface area contributed by atoms with Gasteiger partial charge in [-0.05, 0) is 110 Å². The first-order valence-electron chi connectivity index (χ1n) is 21.2. The molecular weight excluding hydrogens is 659 g/mol. The summed E-state index contributed by atoms with van der Waals surface area (Å²) in [6, 6.07) is 51.3. The van der Waals surface area contributed by atoms with Gasteiger partial charge in [0.15, 0.2) is 0 Å². The summed E-state index contributed by atoms with van der Waals surface area (Å²) in [5, 5.41) is 4.39. The van der Waals surface area contributed by atoms with Crippen molar-refractivity contribution < 1.29 is 9.60 Å². The Morgan fingerprint density at radius 1 is 0.415 bits per heavy atom. The van der Waals surface area contributed by atoms with Gasteiger partial charge in [-0.25, -0.2) is 0 Å². The van der Waals surface area contributed by atoms with Gasteiger partial charge >= 0.3 is 0 Å². The lowest BCUT2D eigenvalue weighted by atomic mass is 9.66. The molecule has 11 rings (SSSR count). The molecule has 1 aliphatic rings. The van der Waals surface area contributed by atoms with Crippen molar-refractivity contribution in [1.82, 2.24) is 0 Å². The number of para-hydroxylation sites is 1. The van der Waals surface area contributed by atoms with E-state index in [-0.39, 0.29) is 28.4 Å². The van der Waals surface area contributed by atoms with E-state index in [1.54, 1.807) is 11.3 Å². The molecule has 1 aromatic heterocycles. The minimum absolute atomic E-state index is 0.0625. The van der Waals surface area contributed by atoms with Crippen molar-refractivity contribution in [2.75, 3.05) is 4.90 Å². The molecule has 2 heteroatoms. The Labute approximate surface area is 322 Å². The van der Waals surface area contributed by atoms with Crippen LogP contribution in [0, 0.1) is 0 Å². The fraction of sp³-hybridized carbons (Fsp3) is 0.0196. The Morgan fingerprint density at radius 3 is 2.08 bits per heavy atom. The third-order valence-corrected chi connectivity index (χ3v) is 11.9. The molecular formula is C51H33NS. The summed E-state index contributed by atoms with van der Waals surface area (Å²) in [5.74, 6) is 0. The summed E-state index contributed by atoms with van der Waals surface area (Å²) >= 11 is 1.70. The molecule has 53 heavy (non-hydrogen) atoms. The summed E-state index contributed by atoms with van der Waals surface area (Å²) in [5.41, 5.74) is 6.03. The van der Waals surface area contributed by atoms with Gasteiger partial charge in [-0.3, -0.25) is 0 Å². The van der Waals surface area contributed by atoms with E-state index in [2.05, 4.69) is 102 Å². The smallest absolute Gasteiger partial charge is 0.0719 e. The highest BCUT2D eigenvalue weighted by Crippen LogP contribution is 2.59. The number of fused-ring (bicyclic) bond motifs is 8. The topological polar surface area (TPSA) is 3.24 Å². The zero-order valence-electron chi connectivity index (χ0n) is 35.4. The van der Waals surface area contributed by atoms with Crippen LogP contribution in [-0.2, 0) is 5.41 Å². The molecule has 10 aromatic rings. The normalized spacial score (nSPS) is 16.7. The van der Waals surface area contributed by atoms with Crippen LogP contribution in [-0.4, -0.2) is 0 Å². The summed E-state index contributed by atoms with van der Waals surface area (Å²) in [6.45, 7) is 0. The lowest BCUT2D eigenvalue weighted by molar-refractivity contribution is 0.778. The van der Waals surface area contributed by atoms with Crippen LogP contribution in [0.2, 0.25) is 0 Å². The second-order valence-electron chi connectivity index (χ2n) is 13.5. The first-order chi connectivity index (χ1) is 29.2. The van der Waals surface area contributed by atoms with Crippen LogP contribution in [0.1, 0.15) is 31.8 Å². The van der Waals surface area contributed by atoms with Gasteiger partial charge in [0.05, 0.1) is 15.0 Å². The maximum atomic E-state index is 9.83. The summed E-state index contributed by atoms with van der Waals surface area (Å²) in [4.78, 5) is 2.23. The number of hydrogen-bond donors (Lipinski definition) is 0. The number of hydrogen-bond acceptors (Lipinski definition) is 2. The fourth-order valence-electron chi connectivity index (χ4n) is 8.53. The number of rotatable bonds is 5. The van der Waals surface area contributed by atoms with Gasteiger partial charge in [0.25, 0.3) is 0 Å². The molecule has 0 amide bonds. The van der Waals surface area contributed by atoms with Gasteiger partial charge < -0.3 is 4.90 Å². The van der Waals surface area contributed by atoms with Crippen LogP contribution in [0.15, 0.2) is 200 Å². The minimum Gasteiger partial charge on any atom is -0.310 e. The zero-order valence-corrected chi connectivity index (χ0v) is 29.2. The molecule has 0 radical (unpaired) electrons. The third-order valence-electron chi connectivity index (χ3n) is 10.8. The second-order valence-corrected chi connectivity index (χ2v) is 14.6. The lowest BCUT2D eigenvalue weighted by Gasteiger charge is -2.35. The molecule has 0 fully saturated rings. The van der Waals surface area contributed by atoms with E-state index < -0.39 is 35.6 Å². The Morgan fingerprint density at radius 2 is 1.13 bits per heavy atom. The number of anilines is 3. The first kappa shape index (κ1) is 23.9. The Hall–Kier alpha value is -6.48. The van der Waals surface area contributed by atoms with Gasteiger partial charge in [0.2, 0.25) is 0 Å². The van der Waals surface area contributed by atoms with E-state index in [1.807, 2.05) is 60.7 Å². The highest BCUT2D eigenvalue weighted by atomic mass is 32.1. The van der Waals surface area contributed by atoms with E-state index in [1.165, 1.54) is 0 Å². The van der Waals surface area contributed by atoms with Crippen LogP contribution < -0.4 is 4.90 Å². The van der Waals surface area contributed by atoms with Crippen molar-refractivity contribution in [2.45, 2.75) is 5.41 Å². The van der Waals surface area contributed by atoms with Crippen molar-refractivity contribution in [3.8, 4) is 11.1 Å². The van der Waals surface area contributed by atoms with Crippen LogP contribution >= 0.6 is 11.3 Å². The monoisotopic (exact) mass is 698 g/mol. The molecule has 1 nitrogen and oxygen atoms in total. The predicted octanol–water partition coefficient (Wildman–Crippen LogP) is 14.2. The van der Waals surface area contributed by atoms with Crippen LogP contribution in [0.25, 0.3) is 52.8 Å². The molecule has 0 bridgehead atoms. The van der Waals surface area contributed by atoms with E-state index in [9.17, 15) is 4.11 Å². The minimum atomic E-state index is -1.33. The van der Waals surface area contributed by atoms with Gasteiger partial charge in [-0.15, -0.1) is 11.3 Å². The van der Waals surface area contributed by atoms with Crippen LogP contribution in [0.4, 0.5) is 17.1 Å². The molecule has 0 aliphatic heterocycles. The highest BCUT2D eigenvalue weighted by molar-refractivity contribution is 7.25. The largest absolute Gasteiger partial charge is 0.310 e. The number of benzene rings is 9. The maximum Gasteiger partial charge on any atom is 0.0719 e. The van der Waals surface area contributed by atoms with Gasteiger partial charge in [0, 0.05) is 37.2 Å². The zero-order chi connectivity index (χ0) is 41.0. The van der Waals surface area contributed by atoms with Crippen molar-refractivity contribution in [3.05, 3.63) is 222 Å². The maximum absolute atomic E-state index is 9.83. The second kappa shape index (κ2) is 11.8. The highest BCUT2D eigenvalue weighted by Gasteiger charge is 2.47. The molecule has 248 valence electrons. The lowest BCUT2D eigenvalue weighted by Crippen LogP contribution is -2.29. The summed E-state index contributed by atoms with van der Waals surface area (Å²) in [7, 11) is 0. The van der Waals surface area contributed by atoms with Gasteiger partial charge in [-0.2, -0.15) is 0 Å². The molecule has 0 N–H and O–H groups in total. The average molecular weight is 699 g/mol. The van der Waals surface area contributed by atoms with E-state index in [0.29, 0.717) is 0 Å². The predicted molar refractivity (Wildman–Crippen MR) is 226 cm³/mol. The van der Waals surface area contributed by atoms with Crippen LogP contribution in [0.5, 0.6) is 0 Å². The van der Waals surface area contributed by atoms with E-state index in [0.717, 1.165) is 75.8 Å².